The van der Waals surface area contributed by atoms with Crippen molar-refractivity contribution in [3.63, 3.8) is 0 Å². The summed E-state index contributed by atoms with van der Waals surface area (Å²) < 4.78 is 10.6. The first-order valence-corrected chi connectivity index (χ1v) is 6.70. The van der Waals surface area contributed by atoms with Crippen molar-refractivity contribution in [2.45, 2.75) is 39.2 Å². The van der Waals surface area contributed by atoms with Gasteiger partial charge in [-0.15, -0.1) is 0 Å². The molecule has 0 heterocycles. The lowest BCUT2D eigenvalue weighted by Gasteiger charge is -2.16. The van der Waals surface area contributed by atoms with Crippen LogP contribution in [-0.4, -0.2) is 29.8 Å². The number of carboxylic acids is 1. The van der Waals surface area contributed by atoms with Crippen LogP contribution in [0.2, 0.25) is 0 Å². The van der Waals surface area contributed by atoms with E-state index >= 15 is 0 Å². The zero-order valence-electron chi connectivity index (χ0n) is 11.8. The van der Waals surface area contributed by atoms with E-state index in [1.807, 2.05) is 13.8 Å². The molecule has 5 heteroatoms. The Labute approximate surface area is 118 Å². The number of aliphatic carboxylic acids is 1. The normalized spacial score (nSPS) is 11.7. The second-order valence-corrected chi connectivity index (χ2v) is 4.40. The number of esters is 1. The SMILES string of the molecule is CCCOC(=O)C(CC)Oc1ccc(CC(=O)O)cc1. The molecular weight excluding hydrogens is 260 g/mol. The van der Waals surface area contributed by atoms with E-state index in [9.17, 15) is 9.59 Å². The summed E-state index contributed by atoms with van der Waals surface area (Å²) in [5, 5.41) is 8.68. The minimum absolute atomic E-state index is 0.0317. The van der Waals surface area contributed by atoms with Gasteiger partial charge in [-0.3, -0.25) is 4.79 Å². The predicted molar refractivity (Wildman–Crippen MR) is 73.7 cm³/mol. The van der Waals surface area contributed by atoms with Gasteiger partial charge in [0.05, 0.1) is 13.0 Å². The zero-order valence-corrected chi connectivity index (χ0v) is 11.8. The monoisotopic (exact) mass is 280 g/mol. The van der Waals surface area contributed by atoms with Gasteiger partial charge in [0.25, 0.3) is 0 Å². The number of benzene rings is 1. The Morgan fingerprint density at radius 3 is 2.35 bits per heavy atom. The highest BCUT2D eigenvalue weighted by Crippen LogP contribution is 2.16. The van der Waals surface area contributed by atoms with E-state index in [4.69, 9.17) is 14.6 Å². The number of ether oxygens (including phenoxy) is 2. The molecule has 0 aromatic heterocycles. The number of hydrogen-bond acceptors (Lipinski definition) is 4. The Balaban J connectivity index is 2.61. The van der Waals surface area contributed by atoms with Gasteiger partial charge >= 0.3 is 11.9 Å². The van der Waals surface area contributed by atoms with Crippen LogP contribution in [0.15, 0.2) is 24.3 Å². The molecule has 0 saturated carbocycles. The molecule has 110 valence electrons. The molecule has 0 aliphatic carbocycles. The van der Waals surface area contributed by atoms with E-state index in [0.29, 0.717) is 24.3 Å². The van der Waals surface area contributed by atoms with Crippen molar-refractivity contribution in [3.8, 4) is 5.75 Å². The van der Waals surface area contributed by atoms with Crippen molar-refractivity contribution in [3.05, 3.63) is 29.8 Å². The molecule has 0 saturated heterocycles. The second kappa shape index (κ2) is 8.19. The molecular formula is C15H20O5. The van der Waals surface area contributed by atoms with Gasteiger partial charge in [0.1, 0.15) is 5.75 Å². The summed E-state index contributed by atoms with van der Waals surface area (Å²) in [7, 11) is 0. The first-order valence-electron chi connectivity index (χ1n) is 6.70. The molecule has 1 aromatic rings. The number of carboxylic acid groups (broad SMARTS) is 1. The quantitative estimate of drug-likeness (QED) is 0.740. The summed E-state index contributed by atoms with van der Waals surface area (Å²) in [6.07, 6.45) is 0.619. The average molecular weight is 280 g/mol. The van der Waals surface area contributed by atoms with Crippen LogP contribution in [0, 0.1) is 0 Å². The van der Waals surface area contributed by atoms with Crippen molar-refractivity contribution in [1.82, 2.24) is 0 Å². The van der Waals surface area contributed by atoms with E-state index < -0.39 is 12.1 Å². The molecule has 0 amide bonds. The largest absolute Gasteiger partial charge is 0.481 e. The predicted octanol–water partition coefficient (Wildman–Crippen LogP) is 2.42. The third-order valence-electron chi connectivity index (χ3n) is 2.64. The number of carbonyl (C=O) groups excluding carboxylic acids is 1. The highest BCUT2D eigenvalue weighted by molar-refractivity contribution is 5.75. The van der Waals surface area contributed by atoms with E-state index in [1.54, 1.807) is 24.3 Å². The van der Waals surface area contributed by atoms with E-state index in [1.165, 1.54) is 0 Å². The molecule has 0 bridgehead atoms. The van der Waals surface area contributed by atoms with E-state index in [0.717, 1.165) is 6.42 Å². The molecule has 0 spiro atoms. The standard InChI is InChI=1S/C15H20O5/c1-3-9-19-15(18)13(4-2)20-12-7-5-11(6-8-12)10-14(16)17/h5-8,13H,3-4,9-10H2,1-2H3,(H,16,17). The molecule has 1 atom stereocenters. The van der Waals surface area contributed by atoms with Gasteiger partial charge in [0, 0.05) is 0 Å². The highest BCUT2D eigenvalue weighted by Gasteiger charge is 2.19. The Morgan fingerprint density at radius 2 is 1.85 bits per heavy atom. The molecule has 1 aromatic carbocycles. The number of carbonyl (C=O) groups is 2. The first kappa shape index (κ1) is 16.0. The van der Waals surface area contributed by atoms with Gasteiger partial charge in [0.2, 0.25) is 0 Å². The second-order valence-electron chi connectivity index (χ2n) is 4.40. The summed E-state index contributed by atoms with van der Waals surface area (Å²) >= 11 is 0. The summed E-state index contributed by atoms with van der Waals surface area (Å²) in [5.74, 6) is -0.725. The van der Waals surface area contributed by atoms with Crippen LogP contribution in [0.5, 0.6) is 5.75 Å². The van der Waals surface area contributed by atoms with Gasteiger partial charge in [-0.2, -0.15) is 0 Å². The average Bonchev–Trinajstić information content (AvgIpc) is 2.43. The Hall–Kier alpha value is -2.04. The smallest absolute Gasteiger partial charge is 0.347 e. The number of rotatable bonds is 8. The molecule has 1 unspecified atom stereocenters. The number of hydrogen-bond donors (Lipinski definition) is 1. The lowest BCUT2D eigenvalue weighted by Crippen LogP contribution is -2.28. The summed E-state index contributed by atoms with van der Waals surface area (Å²) in [6, 6.07) is 6.67. The summed E-state index contributed by atoms with van der Waals surface area (Å²) in [6.45, 7) is 4.16. The van der Waals surface area contributed by atoms with Gasteiger partial charge < -0.3 is 14.6 Å². The minimum atomic E-state index is -0.881. The van der Waals surface area contributed by atoms with Crippen LogP contribution in [0.4, 0.5) is 0 Å². The van der Waals surface area contributed by atoms with E-state index in [2.05, 4.69) is 0 Å². The van der Waals surface area contributed by atoms with Gasteiger partial charge in [-0.05, 0) is 30.5 Å². The van der Waals surface area contributed by atoms with Gasteiger partial charge in [-0.25, -0.2) is 4.79 Å². The fourth-order valence-electron chi connectivity index (χ4n) is 1.62. The first-order chi connectivity index (χ1) is 9.56. The zero-order chi connectivity index (χ0) is 15.0. The highest BCUT2D eigenvalue weighted by atomic mass is 16.6. The molecule has 1 N–H and O–H groups in total. The van der Waals surface area contributed by atoms with Crippen LogP contribution in [0.1, 0.15) is 32.3 Å². The van der Waals surface area contributed by atoms with Crippen LogP contribution in [0.3, 0.4) is 0 Å². The van der Waals surface area contributed by atoms with Crippen LogP contribution in [0.25, 0.3) is 0 Å². The van der Waals surface area contributed by atoms with Crippen LogP contribution in [-0.2, 0) is 20.7 Å². The summed E-state index contributed by atoms with van der Waals surface area (Å²) in [5.41, 5.74) is 0.687. The van der Waals surface area contributed by atoms with Crippen molar-refractivity contribution in [2.75, 3.05) is 6.61 Å². The Morgan fingerprint density at radius 1 is 1.20 bits per heavy atom. The molecule has 0 radical (unpaired) electrons. The Bertz CT molecular complexity index is 438. The molecule has 20 heavy (non-hydrogen) atoms. The van der Waals surface area contributed by atoms with Crippen LogP contribution >= 0.6 is 0 Å². The van der Waals surface area contributed by atoms with E-state index in [-0.39, 0.29) is 12.4 Å². The lowest BCUT2D eigenvalue weighted by atomic mass is 10.1. The van der Waals surface area contributed by atoms with Crippen molar-refractivity contribution >= 4 is 11.9 Å². The summed E-state index contributed by atoms with van der Waals surface area (Å²) in [4.78, 5) is 22.3. The fourth-order valence-corrected chi connectivity index (χ4v) is 1.62. The third kappa shape index (κ3) is 5.30. The fraction of sp³-hybridized carbons (Fsp3) is 0.467. The van der Waals surface area contributed by atoms with Crippen molar-refractivity contribution in [1.29, 1.82) is 0 Å². The van der Waals surface area contributed by atoms with Crippen molar-refractivity contribution < 1.29 is 24.2 Å². The van der Waals surface area contributed by atoms with Gasteiger partial charge in [-0.1, -0.05) is 26.0 Å². The molecule has 0 aliphatic rings. The maximum atomic E-state index is 11.7. The molecule has 0 fully saturated rings. The molecule has 5 nitrogen and oxygen atoms in total. The van der Waals surface area contributed by atoms with Gasteiger partial charge in [0.15, 0.2) is 6.10 Å². The van der Waals surface area contributed by atoms with Crippen molar-refractivity contribution in [2.24, 2.45) is 0 Å². The Kier molecular flexibility index (Phi) is 6.56. The third-order valence-corrected chi connectivity index (χ3v) is 2.64. The molecule has 1 rings (SSSR count). The lowest BCUT2D eigenvalue weighted by molar-refractivity contribution is -0.152. The van der Waals surface area contributed by atoms with Crippen LogP contribution < -0.4 is 4.74 Å². The minimum Gasteiger partial charge on any atom is -0.481 e. The molecule has 0 aliphatic heterocycles. The maximum absolute atomic E-state index is 11.7. The maximum Gasteiger partial charge on any atom is 0.347 e. The topological polar surface area (TPSA) is 72.8 Å².